The van der Waals surface area contributed by atoms with Gasteiger partial charge in [0.15, 0.2) is 0 Å². The molecule has 1 fully saturated rings. The maximum Gasteiger partial charge on any atom is -0.0117 e. The molecule has 0 unspecified atom stereocenters. The zero-order valence-electron chi connectivity index (χ0n) is 9.48. The molecule has 0 aliphatic heterocycles. The molecular weight excluding hydrogens is 168 g/mol. The molecule has 0 heteroatoms. The molecule has 1 aromatic carbocycles. The summed E-state index contributed by atoms with van der Waals surface area (Å²) in [4.78, 5) is 0. The number of hydrogen-bond acceptors (Lipinski definition) is 0. The summed E-state index contributed by atoms with van der Waals surface area (Å²) in [6.45, 7) is 6.60. The minimum Gasteiger partial charge on any atom is -0.0555 e. The van der Waals surface area contributed by atoms with E-state index in [-0.39, 0.29) is 0 Å². The molecule has 0 N–H and O–H groups in total. The van der Waals surface area contributed by atoms with E-state index in [1.54, 1.807) is 5.56 Å². The Balaban J connectivity index is 2.40. The number of aryl methyl sites for hydroxylation is 3. The van der Waals surface area contributed by atoms with E-state index in [2.05, 4.69) is 32.9 Å². The summed E-state index contributed by atoms with van der Waals surface area (Å²) in [5, 5.41) is 0. The van der Waals surface area contributed by atoms with Gasteiger partial charge in [0.1, 0.15) is 0 Å². The highest BCUT2D eigenvalue weighted by Gasteiger charge is 2.20. The second-order valence-electron chi connectivity index (χ2n) is 4.66. The number of rotatable bonds is 1. The maximum atomic E-state index is 3.46. The van der Waals surface area contributed by atoms with Gasteiger partial charge in [-0.3, -0.25) is 0 Å². The standard InChI is InChI=1S/C14H19/c1-10-8-11(2)14(12(3)9-10)13-6-4-5-7-13/h8,13H,4-7H2,1-3H3. The molecule has 75 valence electrons. The first-order valence-corrected chi connectivity index (χ1v) is 5.68. The Morgan fingerprint density at radius 3 is 2.36 bits per heavy atom. The summed E-state index contributed by atoms with van der Waals surface area (Å²) >= 11 is 0. The molecule has 0 heterocycles. The maximum absolute atomic E-state index is 3.46. The molecule has 14 heavy (non-hydrogen) atoms. The molecule has 0 nitrogen and oxygen atoms in total. The zero-order chi connectivity index (χ0) is 10.1. The first kappa shape index (κ1) is 9.76. The van der Waals surface area contributed by atoms with Crippen LogP contribution in [-0.4, -0.2) is 0 Å². The fraction of sp³-hybridized carbons (Fsp3) is 0.571. The molecule has 0 bridgehead atoms. The van der Waals surface area contributed by atoms with Gasteiger partial charge < -0.3 is 0 Å². The van der Waals surface area contributed by atoms with Crippen molar-refractivity contribution < 1.29 is 0 Å². The summed E-state index contributed by atoms with van der Waals surface area (Å²) in [5.74, 6) is 0.826. The van der Waals surface area contributed by atoms with Crippen molar-refractivity contribution >= 4 is 0 Å². The van der Waals surface area contributed by atoms with E-state index in [1.807, 2.05) is 0 Å². The summed E-state index contributed by atoms with van der Waals surface area (Å²) in [6, 6.07) is 5.73. The fourth-order valence-corrected chi connectivity index (χ4v) is 2.94. The molecular formula is C14H19. The summed E-state index contributed by atoms with van der Waals surface area (Å²) in [7, 11) is 0. The Morgan fingerprint density at radius 2 is 1.79 bits per heavy atom. The Hall–Kier alpha value is -0.780. The Bertz CT molecular complexity index is 307. The van der Waals surface area contributed by atoms with Crippen LogP contribution in [0.25, 0.3) is 0 Å². The van der Waals surface area contributed by atoms with Crippen molar-refractivity contribution in [1.29, 1.82) is 0 Å². The predicted molar refractivity (Wildman–Crippen MR) is 60.7 cm³/mol. The molecule has 1 saturated carbocycles. The van der Waals surface area contributed by atoms with Crippen molar-refractivity contribution in [3.63, 3.8) is 0 Å². The smallest absolute Gasteiger partial charge is 0.0117 e. The monoisotopic (exact) mass is 187 g/mol. The summed E-state index contributed by atoms with van der Waals surface area (Å²) < 4.78 is 0. The van der Waals surface area contributed by atoms with Crippen molar-refractivity contribution in [3.8, 4) is 0 Å². The van der Waals surface area contributed by atoms with Gasteiger partial charge in [-0.1, -0.05) is 18.9 Å². The van der Waals surface area contributed by atoms with Crippen molar-refractivity contribution in [2.45, 2.75) is 52.4 Å². The van der Waals surface area contributed by atoms with E-state index < -0.39 is 0 Å². The molecule has 0 saturated heterocycles. The second kappa shape index (κ2) is 3.76. The largest absolute Gasteiger partial charge is 0.0555 e. The van der Waals surface area contributed by atoms with E-state index in [9.17, 15) is 0 Å². The molecule has 1 radical (unpaired) electrons. The lowest BCUT2D eigenvalue weighted by Gasteiger charge is -2.16. The highest BCUT2D eigenvalue weighted by atomic mass is 14.2. The average Bonchev–Trinajstić information content (AvgIpc) is 2.54. The Morgan fingerprint density at radius 1 is 1.14 bits per heavy atom. The van der Waals surface area contributed by atoms with Gasteiger partial charge in [-0.25, -0.2) is 0 Å². The second-order valence-corrected chi connectivity index (χ2v) is 4.66. The van der Waals surface area contributed by atoms with Crippen LogP contribution in [0, 0.1) is 26.8 Å². The summed E-state index contributed by atoms with van der Waals surface area (Å²) in [5.41, 5.74) is 5.73. The van der Waals surface area contributed by atoms with E-state index in [0.29, 0.717) is 0 Å². The SMILES string of the molecule is Cc1[c]c(C)c(C2CCCC2)c(C)c1. The van der Waals surface area contributed by atoms with Gasteiger partial charge in [0.25, 0.3) is 0 Å². The van der Waals surface area contributed by atoms with Gasteiger partial charge >= 0.3 is 0 Å². The molecule has 1 aliphatic rings. The molecule has 0 aromatic heterocycles. The van der Waals surface area contributed by atoms with Crippen LogP contribution in [0.3, 0.4) is 0 Å². The minimum absolute atomic E-state index is 0.826. The average molecular weight is 187 g/mol. The molecule has 0 amide bonds. The van der Waals surface area contributed by atoms with Gasteiger partial charge in [0.05, 0.1) is 0 Å². The zero-order valence-corrected chi connectivity index (χ0v) is 9.48. The number of benzene rings is 1. The first-order chi connectivity index (χ1) is 6.68. The normalized spacial score (nSPS) is 17.6. The highest BCUT2D eigenvalue weighted by Crippen LogP contribution is 2.37. The molecule has 1 aromatic rings. The van der Waals surface area contributed by atoms with Crippen LogP contribution in [0.15, 0.2) is 6.07 Å². The van der Waals surface area contributed by atoms with Gasteiger partial charge in [-0.15, -0.1) is 0 Å². The van der Waals surface area contributed by atoms with E-state index in [0.717, 1.165) is 5.92 Å². The van der Waals surface area contributed by atoms with E-state index in [4.69, 9.17) is 0 Å². The van der Waals surface area contributed by atoms with Crippen molar-refractivity contribution in [2.24, 2.45) is 0 Å². The van der Waals surface area contributed by atoms with Crippen LogP contribution in [0.1, 0.15) is 53.9 Å². The molecule has 2 rings (SSSR count). The topological polar surface area (TPSA) is 0 Å². The highest BCUT2D eigenvalue weighted by molar-refractivity contribution is 5.39. The molecule has 0 spiro atoms. The Labute approximate surface area is 87.3 Å². The van der Waals surface area contributed by atoms with Gasteiger partial charge in [0.2, 0.25) is 0 Å². The number of hydrogen-bond donors (Lipinski definition) is 0. The van der Waals surface area contributed by atoms with Crippen molar-refractivity contribution in [1.82, 2.24) is 0 Å². The predicted octanol–water partition coefficient (Wildman–Crippen LogP) is 4.07. The van der Waals surface area contributed by atoms with Gasteiger partial charge in [-0.05, 0) is 67.9 Å². The van der Waals surface area contributed by atoms with E-state index in [1.165, 1.54) is 42.4 Å². The van der Waals surface area contributed by atoms with Crippen molar-refractivity contribution in [2.75, 3.05) is 0 Å². The van der Waals surface area contributed by atoms with Crippen molar-refractivity contribution in [3.05, 3.63) is 34.4 Å². The van der Waals surface area contributed by atoms with Crippen LogP contribution in [-0.2, 0) is 0 Å². The summed E-state index contributed by atoms with van der Waals surface area (Å²) in [6.07, 6.45) is 5.60. The molecule has 0 atom stereocenters. The van der Waals surface area contributed by atoms with Gasteiger partial charge in [-0.2, -0.15) is 0 Å². The van der Waals surface area contributed by atoms with Crippen LogP contribution >= 0.6 is 0 Å². The van der Waals surface area contributed by atoms with Crippen LogP contribution in [0.4, 0.5) is 0 Å². The first-order valence-electron chi connectivity index (χ1n) is 5.68. The van der Waals surface area contributed by atoms with Crippen LogP contribution < -0.4 is 0 Å². The molecule has 1 aliphatic carbocycles. The Kier molecular flexibility index (Phi) is 2.62. The quantitative estimate of drug-likeness (QED) is 0.621. The minimum atomic E-state index is 0.826. The fourth-order valence-electron chi connectivity index (χ4n) is 2.94. The van der Waals surface area contributed by atoms with E-state index >= 15 is 0 Å². The van der Waals surface area contributed by atoms with Crippen LogP contribution in [0.2, 0.25) is 0 Å². The lowest BCUT2D eigenvalue weighted by molar-refractivity contribution is 0.711. The lowest BCUT2D eigenvalue weighted by atomic mass is 9.88. The van der Waals surface area contributed by atoms with Crippen LogP contribution in [0.5, 0.6) is 0 Å². The third kappa shape index (κ3) is 1.70. The van der Waals surface area contributed by atoms with Gasteiger partial charge in [0, 0.05) is 0 Å². The third-order valence-corrected chi connectivity index (χ3v) is 3.41. The lowest BCUT2D eigenvalue weighted by Crippen LogP contribution is -2.00. The third-order valence-electron chi connectivity index (χ3n) is 3.41.